The van der Waals surface area contributed by atoms with Crippen LogP contribution < -0.4 is 10.2 Å². The van der Waals surface area contributed by atoms with E-state index >= 15 is 0 Å². The first kappa shape index (κ1) is 36.8. The standard InChI is InChI=1S/C24H33N3O3.C13H28N2/c1-6-14-26(15-13-16(3)7-2)19-10-8-9-18-22(19)17(4)27(23(18)29)20-11-12-21(28)25(5)24(20)30;1-2-3-4-5-6-7-8-11-15-12-9-14-10-13-15/h8-10,16,20H,4,6-7,11-15H2,1-3,5H3;14H,2-13H2,1H3. The molecular weight excluding hydrogens is 562 g/mol. The second-order valence-corrected chi connectivity index (χ2v) is 13.2. The molecule has 4 rings (SSSR count). The average Bonchev–Trinajstić information content (AvgIpc) is 3.31. The highest BCUT2D eigenvalue weighted by Crippen LogP contribution is 2.41. The molecule has 45 heavy (non-hydrogen) atoms. The Kier molecular flexibility index (Phi) is 15.6. The molecular formula is C37H61N5O3. The number of rotatable bonds is 16. The Labute approximate surface area is 273 Å². The van der Waals surface area contributed by atoms with Crippen LogP contribution in [0.1, 0.15) is 121 Å². The van der Waals surface area contributed by atoms with Gasteiger partial charge in [-0.05, 0) is 50.3 Å². The Balaban J connectivity index is 0.000000309. The predicted octanol–water partition coefficient (Wildman–Crippen LogP) is 6.56. The van der Waals surface area contributed by atoms with E-state index < -0.39 is 6.04 Å². The minimum absolute atomic E-state index is 0.198. The van der Waals surface area contributed by atoms with Crippen LogP contribution in [0.4, 0.5) is 5.69 Å². The first-order valence-corrected chi connectivity index (χ1v) is 17.9. The molecule has 2 atom stereocenters. The van der Waals surface area contributed by atoms with Crippen molar-refractivity contribution >= 4 is 29.1 Å². The third-order valence-corrected chi connectivity index (χ3v) is 9.71. The summed E-state index contributed by atoms with van der Waals surface area (Å²) in [6.07, 6.45) is 13.8. The van der Waals surface area contributed by atoms with Crippen LogP contribution in [0.3, 0.4) is 0 Å². The number of hydrogen-bond acceptors (Lipinski definition) is 6. The van der Waals surface area contributed by atoms with Crippen LogP contribution in [0.2, 0.25) is 0 Å². The van der Waals surface area contributed by atoms with Crippen LogP contribution >= 0.6 is 0 Å². The smallest absolute Gasteiger partial charge is 0.259 e. The number of nitrogens with zero attached hydrogens (tertiary/aromatic N) is 4. The zero-order valence-electron chi connectivity index (χ0n) is 29.0. The SMILES string of the molecule is C=C1c2c(cccc2N(CCC)CCC(C)CC)C(=O)N1C1CCC(=O)N(C)C1=O.CCCCCCCCCN1CCNCC1. The van der Waals surface area contributed by atoms with Crippen molar-refractivity contribution in [1.29, 1.82) is 0 Å². The molecule has 252 valence electrons. The highest BCUT2D eigenvalue weighted by molar-refractivity contribution is 6.14. The van der Waals surface area contributed by atoms with Crippen LogP contribution in [0.15, 0.2) is 24.8 Å². The van der Waals surface area contributed by atoms with Crippen LogP contribution in [0.5, 0.6) is 0 Å². The van der Waals surface area contributed by atoms with Crippen molar-refractivity contribution in [1.82, 2.24) is 20.0 Å². The average molecular weight is 624 g/mol. The monoisotopic (exact) mass is 623 g/mol. The van der Waals surface area contributed by atoms with Gasteiger partial charge in [0.1, 0.15) is 6.04 Å². The molecule has 8 nitrogen and oxygen atoms in total. The zero-order chi connectivity index (χ0) is 32.8. The summed E-state index contributed by atoms with van der Waals surface area (Å²) in [5, 5.41) is 3.40. The van der Waals surface area contributed by atoms with E-state index in [1.807, 2.05) is 18.2 Å². The number of amides is 3. The Bertz CT molecular complexity index is 1120. The van der Waals surface area contributed by atoms with Crippen LogP contribution in [0, 0.1) is 5.92 Å². The molecule has 0 spiro atoms. The summed E-state index contributed by atoms with van der Waals surface area (Å²) in [4.78, 5) is 45.5. The maximum absolute atomic E-state index is 13.3. The van der Waals surface area contributed by atoms with E-state index in [9.17, 15) is 14.4 Å². The molecule has 2 fully saturated rings. The molecule has 2 saturated heterocycles. The largest absolute Gasteiger partial charge is 0.371 e. The summed E-state index contributed by atoms with van der Waals surface area (Å²) in [5.41, 5.74) is 2.99. The summed E-state index contributed by atoms with van der Waals surface area (Å²) in [5.74, 6) is -0.102. The number of piperidine rings is 1. The molecule has 3 aliphatic heterocycles. The fraction of sp³-hybridized carbons (Fsp3) is 0.703. The highest BCUT2D eigenvalue weighted by Gasteiger charge is 2.44. The zero-order valence-corrected chi connectivity index (χ0v) is 29.0. The van der Waals surface area contributed by atoms with Crippen LogP contribution in [-0.2, 0) is 9.59 Å². The van der Waals surface area contributed by atoms with Gasteiger partial charge in [0.05, 0.1) is 5.56 Å². The Hall–Kier alpha value is -2.71. The van der Waals surface area contributed by atoms with Crippen LogP contribution in [-0.4, -0.2) is 91.3 Å². The molecule has 1 N–H and O–H groups in total. The van der Waals surface area contributed by atoms with E-state index in [0.717, 1.165) is 48.5 Å². The van der Waals surface area contributed by atoms with E-state index in [1.54, 1.807) is 0 Å². The van der Waals surface area contributed by atoms with Crippen molar-refractivity contribution in [3.63, 3.8) is 0 Å². The number of hydrogen-bond donors (Lipinski definition) is 1. The number of benzene rings is 1. The van der Waals surface area contributed by atoms with Crippen molar-refractivity contribution in [2.75, 3.05) is 57.8 Å². The lowest BCUT2D eigenvalue weighted by Gasteiger charge is -2.34. The number of imide groups is 1. The highest BCUT2D eigenvalue weighted by atomic mass is 16.2. The Morgan fingerprint density at radius 1 is 0.956 bits per heavy atom. The number of nitrogens with one attached hydrogen (secondary N) is 1. The summed E-state index contributed by atoms with van der Waals surface area (Å²) < 4.78 is 0. The van der Waals surface area contributed by atoms with Gasteiger partial charge in [-0.2, -0.15) is 0 Å². The Morgan fingerprint density at radius 3 is 2.31 bits per heavy atom. The number of carbonyl (C=O) groups is 3. The normalized spacial score (nSPS) is 19.4. The molecule has 2 unspecified atom stereocenters. The molecule has 1 aromatic carbocycles. The predicted molar refractivity (Wildman–Crippen MR) is 186 cm³/mol. The molecule has 0 radical (unpaired) electrons. The molecule has 0 aliphatic carbocycles. The molecule has 3 aliphatic rings. The fourth-order valence-electron chi connectivity index (χ4n) is 6.56. The lowest BCUT2D eigenvalue weighted by atomic mass is 10.0. The van der Waals surface area contributed by atoms with Crippen LogP contribution in [0.25, 0.3) is 5.70 Å². The van der Waals surface area contributed by atoms with Gasteiger partial charge < -0.3 is 15.1 Å². The van der Waals surface area contributed by atoms with Gasteiger partial charge in [0, 0.05) is 69.7 Å². The topological polar surface area (TPSA) is 76.2 Å². The first-order chi connectivity index (χ1) is 21.7. The third-order valence-electron chi connectivity index (χ3n) is 9.71. The van der Waals surface area contributed by atoms with Gasteiger partial charge >= 0.3 is 0 Å². The molecule has 0 aromatic heterocycles. The van der Waals surface area contributed by atoms with Crippen molar-refractivity contribution in [2.45, 2.75) is 111 Å². The molecule has 0 saturated carbocycles. The number of fused-ring (bicyclic) bond motifs is 1. The maximum atomic E-state index is 13.3. The van der Waals surface area contributed by atoms with Gasteiger partial charge in [0.15, 0.2) is 0 Å². The van der Waals surface area contributed by atoms with Gasteiger partial charge in [-0.3, -0.25) is 24.2 Å². The van der Waals surface area contributed by atoms with E-state index in [4.69, 9.17) is 0 Å². The van der Waals surface area contributed by atoms with Crippen molar-refractivity contribution in [3.05, 3.63) is 35.9 Å². The number of likely N-dealkylation sites (tertiary alicyclic amines) is 1. The summed E-state index contributed by atoms with van der Waals surface area (Å²) in [7, 11) is 1.48. The molecule has 8 heteroatoms. The Morgan fingerprint density at radius 2 is 1.64 bits per heavy atom. The van der Waals surface area contributed by atoms with Gasteiger partial charge in [-0.25, -0.2) is 0 Å². The summed E-state index contributed by atoms with van der Waals surface area (Å²) >= 11 is 0. The second-order valence-electron chi connectivity index (χ2n) is 13.2. The molecule has 0 bridgehead atoms. The summed E-state index contributed by atoms with van der Waals surface area (Å²) in [6.45, 7) is 21.2. The number of unbranched alkanes of at least 4 members (excludes halogenated alkanes) is 6. The van der Waals surface area contributed by atoms with E-state index in [1.165, 1.54) is 89.6 Å². The lowest BCUT2D eigenvalue weighted by Crippen LogP contribution is -2.52. The molecule has 1 aromatic rings. The number of anilines is 1. The molecule has 3 amide bonds. The van der Waals surface area contributed by atoms with Gasteiger partial charge in [0.25, 0.3) is 11.8 Å². The maximum Gasteiger partial charge on any atom is 0.259 e. The van der Waals surface area contributed by atoms with Crippen molar-refractivity contribution in [2.24, 2.45) is 5.92 Å². The second kappa shape index (κ2) is 19.1. The van der Waals surface area contributed by atoms with Gasteiger partial charge in [-0.15, -0.1) is 0 Å². The minimum Gasteiger partial charge on any atom is -0.371 e. The third kappa shape index (κ3) is 10.1. The quantitative estimate of drug-likeness (QED) is 0.166. The molecule has 3 heterocycles. The first-order valence-electron chi connectivity index (χ1n) is 17.9. The van der Waals surface area contributed by atoms with Gasteiger partial charge in [-0.1, -0.05) is 85.3 Å². The van der Waals surface area contributed by atoms with Crippen molar-refractivity contribution < 1.29 is 14.4 Å². The lowest BCUT2D eigenvalue weighted by molar-refractivity contribution is -0.149. The summed E-state index contributed by atoms with van der Waals surface area (Å²) in [6, 6.07) is 5.10. The van der Waals surface area contributed by atoms with E-state index in [-0.39, 0.29) is 24.1 Å². The fourth-order valence-corrected chi connectivity index (χ4v) is 6.56. The minimum atomic E-state index is -0.673. The number of likely N-dealkylation sites (N-methyl/N-ethyl adjacent to an activating group) is 1. The van der Waals surface area contributed by atoms with Crippen molar-refractivity contribution in [3.8, 4) is 0 Å². The van der Waals surface area contributed by atoms with Gasteiger partial charge in [0.2, 0.25) is 5.91 Å². The van der Waals surface area contributed by atoms with E-state index in [0.29, 0.717) is 23.6 Å². The number of carbonyl (C=O) groups excluding carboxylic acids is 3. The van der Waals surface area contributed by atoms with E-state index in [2.05, 4.69) is 49.4 Å². The number of piperazine rings is 1.